The van der Waals surface area contributed by atoms with Crippen molar-refractivity contribution in [2.45, 2.75) is 19.5 Å². The lowest BCUT2D eigenvalue weighted by atomic mass is 10.2. The van der Waals surface area contributed by atoms with Crippen LogP contribution in [0.2, 0.25) is 0 Å². The molecule has 1 aliphatic rings. The first-order valence-corrected chi connectivity index (χ1v) is 7.82. The normalized spacial score (nSPS) is 15.5. The molecule has 1 amide bonds. The van der Waals surface area contributed by atoms with Crippen LogP contribution in [0.5, 0.6) is 0 Å². The van der Waals surface area contributed by atoms with Crippen LogP contribution in [-0.2, 0) is 22.6 Å². The summed E-state index contributed by atoms with van der Waals surface area (Å²) >= 11 is 0. The lowest BCUT2D eigenvalue weighted by Gasteiger charge is -2.26. The molecule has 7 heteroatoms. The summed E-state index contributed by atoms with van der Waals surface area (Å²) in [5.41, 5.74) is 1.14. The van der Waals surface area contributed by atoms with Gasteiger partial charge in [0.25, 0.3) is 0 Å². The third kappa shape index (κ3) is 4.87. The van der Waals surface area contributed by atoms with E-state index in [2.05, 4.69) is 20.3 Å². The summed E-state index contributed by atoms with van der Waals surface area (Å²) in [6.07, 6.45) is 5.73. The average molecular weight is 315 g/mol. The van der Waals surface area contributed by atoms with Gasteiger partial charge >= 0.3 is 0 Å². The summed E-state index contributed by atoms with van der Waals surface area (Å²) in [6.45, 7) is 4.91. The molecule has 0 atom stereocenters. The summed E-state index contributed by atoms with van der Waals surface area (Å²) in [7, 11) is 0. The number of anilines is 1. The molecule has 1 fully saturated rings. The number of hydrogen-bond acceptors (Lipinski definition) is 5. The van der Waals surface area contributed by atoms with Gasteiger partial charge in [0.1, 0.15) is 5.82 Å². The third-order valence-electron chi connectivity index (χ3n) is 3.73. The largest absolute Gasteiger partial charge is 0.379 e. The van der Waals surface area contributed by atoms with Gasteiger partial charge in [0.2, 0.25) is 5.91 Å². The van der Waals surface area contributed by atoms with Gasteiger partial charge in [-0.05, 0) is 17.7 Å². The number of amides is 1. The molecule has 3 rings (SSSR count). The molecular weight excluding hydrogens is 294 g/mol. The Morgan fingerprint density at radius 1 is 1.30 bits per heavy atom. The minimum atomic E-state index is -0.0612. The van der Waals surface area contributed by atoms with Crippen LogP contribution in [0.4, 0.5) is 5.82 Å². The summed E-state index contributed by atoms with van der Waals surface area (Å²) in [4.78, 5) is 18.5. The predicted octanol–water partition coefficient (Wildman–Crippen LogP) is 1.14. The summed E-state index contributed by atoms with van der Waals surface area (Å²) in [5, 5.41) is 6.88. The molecule has 7 nitrogen and oxygen atoms in total. The molecule has 1 aliphatic heterocycles. The lowest BCUT2D eigenvalue weighted by Crippen LogP contribution is -2.35. The minimum absolute atomic E-state index is 0.0612. The van der Waals surface area contributed by atoms with E-state index in [9.17, 15) is 4.79 Å². The first kappa shape index (κ1) is 15.6. The smallest absolute Gasteiger partial charge is 0.227 e. The number of morpholine rings is 1. The number of rotatable bonds is 6. The van der Waals surface area contributed by atoms with E-state index in [-0.39, 0.29) is 5.91 Å². The van der Waals surface area contributed by atoms with Crippen LogP contribution in [0.25, 0.3) is 0 Å². The van der Waals surface area contributed by atoms with E-state index in [4.69, 9.17) is 4.74 Å². The zero-order valence-electron chi connectivity index (χ0n) is 13.0. The second-order valence-electron chi connectivity index (χ2n) is 5.51. The fraction of sp³-hybridized carbons (Fsp3) is 0.438. The van der Waals surface area contributed by atoms with Crippen molar-refractivity contribution in [1.29, 1.82) is 0 Å². The quantitative estimate of drug-likeness (QED) is 0.865. The number of pyridine rings is 1. The van der Waals surface area contributed by atoms with E-state index < -0.39 is 0 Å². The third-order valence-corrected chi connectivity index (χ3v) is 3.73. The highest BCUT2D eigenvalue weighted by Crippen LogP contribution is 2.09. The first-order valence-electron chi connectivity index (χ1n) is 7.82. The Morgan fingerprint density at radius 2 is 2.17 bits per heavy atom. The Bertz CT molecular complexity index is 606. The molecule has 23 heavy (non-hydrogen) atoms. The van der Waals surface area contributed by atoms with Crippen LogP contribution in [0, 0.1) is 0 Å². The molecule has 0 aromatic carbocycles. The van der Waals surface area contributed by atoms with Gasteiger partial charge in [0, 0.05) is 51.2 Å². The Labute approximate surface area is 135 Å². The van der Waals surface area contributed by atoms with Gasteiger partial charge in [-0.1, -0.05) is 6.07 Å². The average Bonchev–Trinajstić information content (AvgIpc) is 3.09. The van der Waals surface area contributed by atoms with Crippen molar-refractivity contribution in [3.63, 3.8) is 0 Å². The lowest BCUT2D eigenvalue weighted by molar-refractivity contribution is -0.116. The maximum atomic E-state index is 11.9. The molecule has 1 saturated heterocycles. The molecule has 3 heterocycles. The number of hydrogen-bond donors (Lipinski definition) is 1. The van der Waals surface area contributed by atoms with E-state index >= 15 is 0 Å². The van der Waals surface area contributed by atoms with Crippen LogP contribution in [0.15, 0.2) is 36.8 Å². The molecule has 2 aromatic rings. The second kappa shape index (κ2) is 7.85. The van der Waals surface area contributed by atoms with Crippen LogP contribution in [-0.4, -0.2) is 51.9 Å². The second-order valence-corrected chi connectivity index (χ2v) is 5.51. The molecule has 0 saturated carbocycles. The molecular formula is C16H21N5O2. The van der Waals surface area contributed by atoms with Gasteiger partial charge in [-0.2, -0.15) is 5.10 Å². The Kier molecular flexibility index (Phi) is 5.33. The standard InChI is InChI=1S/C16H21N5O2/c22-16(4-7-21-6-1-5-18-21)19-15-3-2-14(12-17-15)13-20-8-10-23-11-9-20/h1-3,5-6,12H,4,7-11,13H2,(H,17,19,22). The van der Waals surface area contributed by atoms with Gasteiger partial charge in [0.05, 0.1) is 13.2 Å². The molecule has 0 bridgehead atoms. The van der Waals surface area contributed by atoms with Crippen molar-refractivity contribution in [3.8, 4) is 0 Å². The number of aromatic nitrogens is 3. The maximum Gasteiger partial charge on any atom is 0.227 e. The van der Waals surface area contributed by atoms with Gasteiger partial charge in [0.15, 0.2) is 0 Å². The van der Waals surface area contributed by atoms with Crippen molar-refractivity contribution in [2.75, 3.05) is 31.6 Å². The van der Waals surface area contributed by atoms with Gasteiger partial charge in [-0.3, -0.25) is 14.4 Å². The Hall–Kier alpha value is -2.25. The van der Waals surface area contributed by atoms with E-state index in [0.717, 1.165) is 38.4 Å². The van der Waals surface area contributed by atoms with E-state index in [1.54, 1.807) is 10.9 Å². The zero-order valence-corrected chi connectivity index (χ0v) is 13.0. The van der Waals surface area contributed by atoms with Gasteiger partial charge in [-0.15, -0.1) is 0 Å². The molecule has 0 radical (unpaired) electrons. The van der Waals surface area contributed by atoms with Crippen molar-refractivity contribution in [2.24, 2.45) is 0 Å². The Morgan fingerprint density at radius 3 is 2.87 bits per heavy atom. The van der Waals surface area contributed by atoms with Crippen LogP contribution < -0.4 is 5.32 Å². The molecule has 0 unspecified atom stereocenters. The SMILES string of the molecule is O=C(CCn1cccn1)Nc1ccc(CN2CCOCC2)cn1. The highest BCUT2D eigenvalue weighted by Gasteiger charge is 2.11. The molecule has 122 valence electrons. The fourth-order valence-electron chi connectivity index (χ4n) is 2.46. The van der Waals surface area contributed by atoms with Crippen molar-refractivity contribution in [1.82, 2.24) is 19.7 Å². The molecule has 1 N–H and O–H groups in total. The van der Waals surface area contributed by atoms with Gasteiger partial charge < -0.3 is 10.1 Å². The summed E-state index contributed by atoms with van der Waals surface area (Å²) in [5.74, 6) is 0.523. The van der Waals surface area contributed by atoms with Crippen LogP contribution >= 0.6 is 0 Å². The van der Waals surface area contributed by atoms with Crippen molar-refractivity contribution < 1.29 is 9.53 Å². The van der Waals surface area contributed by atoms with Gasteiger partial charge in [-0.25, -0.2) is 4.98 Å². The maximum absolute atomic E-state index is 11.9. The number of carbonyl (C=O) groups excluding carboxylic acids is 1. The van der Waals surface area contributed by atoms with E-state index in [1.165, 1.54) is 0 Å². The number of carbonyl (C=O) groups is 1. The number of nitrogens with one attached hydrogen (secondary N) is 1. The van der Waals surface area contributed by atoms with Crippen LogP contribution in [0.3, 0.4) is 0 Å². The zero-order chi connectivity index (χ0) is 15.9. The fourth-order valence-corrected chi connectivity index (χ4v) is 2.46. The van der Waals surface area contributed by atoms with E-state index in [0.29, 0.717) is 18.8 Å². The first-order chi connectivity index (χ1) is 11.3. The molecule has 0 aliphatic carbocycles. The molecule has 2 aromatic heterocycles. The van der Waals surface area contributed by atoms with Crippen molar-refractivity contribution >= 4 is 11.7 Å². The van der Waals surface area contributed by atoms with Crippen LogP contribution in [0.1, 0.15) is 12.0 Å². The minimum Gasteiger partial charge on any atom is -0.379 e. The number of aryl methyl sites for hydroxylation is 1. The number of nitrogens with zero attached hydrogens (tertiary/aromatic N) is 4. The molecule has 0 spiro atoms. The van der Waals surface area contributed by atoms with E-state index in [1.807, 2.05) is 30.6 Å². The topological polar surface area (TPSA) is 72.3 Å². The highest BCUT2D eigenvalue weighted by atomic mass is 16.5. The summed E-state index contributed by atoms with van der Waals surface area (Å²) in [6, 6.07) is 5.69. The Balaban J connectivity index is 1.45. The monoisotopic (exact) mass is 315 g/mol. The predicted molar refractivity (Wildman–Crippen MR) is 85.8 cm³/mol. The number of ether oxygens (including phenoxy) is 1. The highest BCUT2D eigenvalue weighted by molar-refractivity contribution is 5.89. The summed E-state index contributed by atoms with van der Waals surface area (Å²) < 4.78 is 7.07. The van der Waals surface area contributed by atoms with Crippen molar-refractivity contribution in [3.05, 3.63) is 42.4 Å².